The van der Waals surface area contributed by atoms with E-state index in [0.29, 0.717) is 38.5 Å². The molecular weight excluding hydrogens is 516 g/mol. The molecular formula is C25H19ClN6O4S. The third-order valence-corrected chi connectivity index (χ3v) is 6.31. The van der Waals surface area contributed by atoms with Crippen molar-refractivity contribution in [3.63, 3.8) is 0 Å². The first kappa shape index (κ1) is 25.9. The van der Waals surface area contributed by atoms with Gasteiger partial charge in [-0.2, -0.15) is 5.26 Å². The van der Waals surface area contributed by atoms with Crippen LogP contribution >= 0.6 is 23.4 Å². The second-order valence-electron chi connectivity index (χ2n) is 7.60. The number of hydrogen-bond donors (Lipinski definition) is 3. The van der Waals surface area contributed by atoms with Crippen molar-refractivity contribution >= 4 is 34.9 Å². The quantitative estimate of drug-likeness (QED) is 0.206. The van der Waals surface area contributed by atoms with Crippen molar-refractivity contribution in [3.8, 4) is 34.5 Å². The molecule has 0 amide bonds. The molecule has 0 aliphatic carbocycles. The Labute approximate surface area is 221 Å². The minimum absolute atomic E-state index is 0.0140. The molecule has 10 nitrogen and oxygen atoms in total. The molecule has 12 heteroatoms. The maximum absolute atomic E-state index is 9.98. The Balaban J connectivity index is 1.60. The van der Waals surface area contributed by atoms with Crippen molar-refractivity contribution < 1.29 is 19.4 Å². The molecule has 0 bridgehead atoms. The van der Waals surface area contributed by atoms with Gasteiger partial charge in [0.05, 0.1) is 24.4 Å². The Morgan fingerprint density at radius 3 is 2.62 bits per heavy atom. The molecule has 0 radical (unpaired) electrons. The first-order chi connectivity index (χ1) is 17.9. The molecule has 3 heterocycles. The Morgan fingerprint density at radius 2 is 1.97 bits per heavy atom. The highest BCUT2D eigenvalue weighted by Gasteiger charge is 2.21. The molecule has 186 valence electrons. The van der Waals surface area contributed by atoms with Gasteiger partial charge in [-0.1, -0.05) is 23.4 Å². The summed E-state index contributed by atoms with van der Waals surface area (Å²) in [7, 11) is 0. The molecule has 1 aromatic carbocycles. The second kappa shape index (κ2) is 11.7. The summed E-state index contributed by atoms with van der Waals surface area (Å²) in [6, 6.07) is 12.4. The molecule has 0 spiro atoms. The highest BCUT2D eigenvalue weighted by molar-refractivity contribution is 7.98. The largest absolute Gasteiger partial charge is 0.475 e. The molecule has 0 saturated heterocycles. The van der Waals surface area contributed by atoms with E-state index in [1.165, 1.54) is 30.3 Å². The van der Waals surface area contributed by atoms with E-state index in [-0.39, 0.29) is 29.6 Å². The number of pyridine rings is 2. The van der Waals surface area contributed by atoms with Gasteiger partial charge < -0.3 is 25.1 Å². The van der Waals surface area contributed by atoms with E-state index in [2.05, 4.69) is 25.9 Å². The average Bonchev–Trinajstić information content (AvgIpc) is 3.39. The Kier molecular flexibility index (Phi) is 8.23. The minimum atomic E-state index is -1.04. The minimum Gasteiger partial charge on any atom is -0.475 e. The second-order valence-corrected chi connectivity index (χ2v) is 9.00. The smallest absolute Gasteiger partial charge is 0.237 e. The van der Waals surface area contributed by atoms with Gasteiger partial charge in [-0.15, -0.1) is 0 Å². The van der Waals surface area contributed by atoms with Gasteiger partial charge in [0.2, 0.25) is 17.5 Å². The molecule has 0 aliphatic rings. The van der Waals surface area contributed by atoms with Gasteiger partial charge in [0.1, 0.15) is 35.9 Å². The van der Waals surface area contributed by atoms with Gasteiger partial charge in [-0.3, -0.25) is 0 Å². The van der Waals surface area contributed by atoms with Crippen LogP contribution in [-0.4, -0.2) is 44.5 Å². The number of halogens is 1. The zero-order valence-corrected chi connectivity index (χ0v) is 20.7. The average molecular weight is 535 g/mol. The van der Waals surface area contributed by atoms with Crippen LogP contribution in [0.3, 0.4) is 0 Å². The van der Waals surface area contributed by atoms with Gasteiger partial charge in [-0.05, 0) is 35.9 Å². The standard InChI is InChI=1S/C25H19ClN6O4S/c1-29-22-21(15-4-7-20(30-9-15)35-12-18(34)10-33)19(8-27)25(32-23(22)28)37-13-17-11-36-24(31-17)14-2-5-16(26)6-3-14/h2-7,9,11,18,33-34H,10,12-13H2,(H2,28,32)/t18-/m0/s1. The molecule has 37 heavy (non-hydrogen) atoms. The molecule has 4 aromatic rings. The lowest BCUT2D eigenvalue weighted by Gasteiger charge is -2.13. The van der Waals surface area contributed by atoms with Crippen LogP contribution in [-0.2, 0) is 5.75 Å². The summed E-state index contributed by atoms with van der Waals surface area (Å²) in [5, 5.41) is 29.3. The summed E-state index contributed by atoms with van der Waals surface area (Å²) in [6.45, 7) is 7.02. The number of aliphatic hydroxyl groups is 2. The van der Waals surface area contributed by atoms with Crippen molar-refractivity contribution in [1.82, 2.24) is 15.0 Å². The van der Waals surface area contributed by atoms with Crippen molar-refractivity contribution in [2.45, 2.75) is 16.9 Å². The number of benzene rings is 1. The maximum Gasteiger partial charge on any atom is 0.237 e. The van der Waals surface area contributed by atoms with Crippen LogP contribution in [0.25, 0.3) is 27.4 Å². The van der Waals surface area contributed by atoms with Crippen LogP contribution in [0.5, 0.6) is 5.88 Å². The third kappa shape index (κ3) is 6.00. The molecule has 3 aromatic heterocycles. The van der Waals surface area contributed by atoms with Gasteiger partial charge in [0, 0.05) is 34.2 Å². The molecule has 4 N–H and O–H groups in total. The van der Waals surface area contributed by atoms with Gasteiger partial charge in [0.15, 0.2) is 0 Å². The van der Waals surface area contributed by atoms with Crippen molar-refractivity contribution in [2.75, 3.05) is 18.9 Å². The predicted molar refractivity (Wildman–Crippen MR) is 138 cm³/mol. The fourth-order valence-electron chi connectivity index (χ4n) is 3.26. The zero-order chi connectivity index (χ0) is 26.4. The van der Waals surface area contributed by atoms with Crippen LogP contribution < -0.4 is 10.5 Å². The third-order valence-electron chi connectivity index (χ3n) is 5.05. The maximum atomic E-state index is 9.98. The zero-order valence-electron chi connectivity index (χ0n) is 19.1. The molecule has 4 rings (SSSR count). The van der Waals surface area contributed by atoms with Crippen LogP contribution in [0.4, 0.5) is 11.5 Å². The predicted octanol–water partition coefficient (Wildman–Crippen LogP) is 4.48. The lowest BCUT2D eigenvalue weighted by molar-refractivity contribution is 0.0521. The summed E-state index contributed by atoms with van der Waals surface area (Å²) < 4.78 is 10.9. The number of anilines is 1. The lowest BCUT2D eigenvalue weighted by Crippen LogP contribution is -2.21. The number of aliphatic hydroxyl groups excluding tert-OH is 2. The lowest BCUT2D eigenvalue weighted by atomic mass is 10.0. The van der Waals surface area contributed by atoms with Crippen LogP contribution in [0.2, 0.25) is 5.02 Å². The van der Waals surface area contributed by atoms with E-state index in [4.69, 9.17) is 38.2 Å². The fourth-order valence-corrected chi connectivity index (χ4v) is 4.26. The van der Waals surface area contributed by atoms with E-state index in [1.54, 1.807) is 30.3 Å². The number of aromatic nitrogens is 3. The molecule has 0 saturated carbocycles. The SMILES string of the molecule is [C-]#[N+]c1c(N)nc(SCc2coc(-c3ccc(Cl)cc3)n2)c(C#N)c1-c1ccc(OC[C@@H](O)CO)nc1. The summed E-state index contributed by atoms with van der Waals surface area (Å²) in [5.41, 5.74) is 8.49. The molecule has 0 fully saturated rings. The summed E-state index contributed by atoms with van der Waals surface area (Å²) >= 11 is 7.17. The summed E-state index contributed by atoms with van der Waals surface area (Å²) in [4.78, 5) is 16.5. The van der Waals surface area contributed by atoms with E-state index in [1.807, 2.05) is 0 Å². The topological polar surface area (TPSA) is 156 Å². The number of rotatable bonds is 9. The number of hydrogen-bond acceptors (Lipinski definition) is 10. The number of thioether (sulfide) groups is 1. The summed E-state index contributed by atoms with van der Waals surface area (Å²) in [6.07, 6.45) is 1.93. The Morgan fingerprint density at radius 1 is 1.22 bits per heavy atom. The van der Waals surface area contributed by atoms with E-state index in [0.717, 1.165) is 5.56 Å². The van der Waals surface area contributed by atoms with E-state index in [9.17, 15) is 10.4 Å². The number of oxazole rings is 1. The molecule has 0 aliphatic heterocycles. The number of nitrogens with zero attached hydrogens (tertiary/aromatic N) is 5. The van der Waals surface area contributed by atoms with Gasteiger partial charge in [0.25, 0.3) is 0 Å². The number of nitriles is 1. The summed E-state index contributed by atoms with van der Waals surface area (Å²) in [5.74, 6) is 0.968. The van der Waals surface area contributed by atoms with Crippen LogP contribution in [0.15, 0.2) is 58.3 Å². The highest BCUT2D eigenvalue weighted by atomic mass is 35.5. The van der Waals surface area contributed by atoms with Crippen molar-refractivity contribution in [3.05, 3.63) is 76.6 Å². The van der Waals surface area contributed by atoms with E-state index >= 15 is 0 Å². The highest BCUT2D eigenvalue weighted by Crippen LogP contribution is 2.41. The first-order valence-corrected chi connectivity index (χ1v) is 12.1. The number of nitrogen functional groups attached to an aromatic ring is 1. The molecule has 0 unspecified atom stereocenters. The van der Waals surface area contributed by atoms with Crippen molar-refractivity contribution in [2.24, 2.45) is 0 Å². The number of nitrogens with two attached hydrogens (primary N) is 1. The fraction of sp³-hybridized carbons (Fsp3) is 0.160. The normalized spacial score (nSPS) is 11.5. The van der Waals surface area contributed by atoms with Crippen LogP contribution in [0, 0.1) is 17.9 Å². The Hall–Kier alpha value is -4.13. The van der Waals surface area contributed by atoms with Gasteiger partial charge in [-0.25, -0.2) is 19.8 Å². The monoisotopic (exact) mass is 534 g/mol. The van der Waals surface area contributed by atoms with Gasteiger partial charge >= 0.3 is 0 Å². The number of ether oxygens (including phenoxy) is 1. The Bertz CT molecular complexity index is 1480. The first-order valence-electron chi connectivity index (χ1n) is 10.8. The van der Waals surface area contributed by atoms with Crippen LogP contribution in [0.1, 0.15) is 11.3 Å². The molecule has 1 atom stereocenters. The van der Waals surface area contributed by atoms with Crippen molar-refractivity contribution in [1.29, 1.82) is 5.26 Å². The van der Waals surface area contributed by atoms with E-state index < -0.39 is 12.7 Å².